The number of anilines is 1. The highest BCUT2D eigenvalue weighted by Crippen LogP contribution is 2.29. The van der Waals surface area contributed by atoms with Gasteiger partial charge in [-0.1, -0.05) is 0 Å². The molecule has 0 unspecified atom stereocenters. The molecule has 0 fully saturated rings. The molecule has 124 valence electrons. The van der Waals surface area contributed by atoms with Crippen LogP contribution in [0, 0.1) is 0 Å². The van der Waals surface area contributed by atoms with Gasteiger partial charge in [0, 0.05) is 31.5 Å². The van der Waals surface area contributed by atoms with Crippen molar-refractivity contribution in [2.75, 3.05) is 26.1 Å². The van der Waals surface area contributed by atoms with Crippen molar-refractivity contribution in [3.8, 4) is 11.5 Å². The Hall–Kier alpha value is -2.70. The van der Waals surface area contributed by atoms with Crippen LogP contribution < -0.4 is 20.1 Å². The monoisotopic (exact) mass is 317 g/mol. The molecule has 0 aliphatic carbocycles. The minimum Gasteiger partial charge on any atom is -0.493 e. The summed E-state index contributed by atoms with van der Waals surface area (Å²) in [6, 6.07) is 7.59. The van der Waals surface area contributed by atoms with Crippen LogP contribution in [0.5, 0.6) is 11.5 Å². The van der Waals surface area contributed by atoms with Crippen LogP contribution >= 0.6 is 0 Å². The van der Waals surface area contributed by atoms with Crippen molar-refractivity contribution in [2.24, 2.45) is 12.0 Å². The fourth-order valence-electron chi connectivity index (χ4n) is 2.07. The SMILES string of the molecule is CCNC(=NCc1ccnn1C)Nc1ccc(OC)c(OC)c1. The maximum absolute atomic E-state index is 5.32. The Morgan fingerprint density at radius 2 is 2.00 bits per heavy atom. The number of benzene rings is 1. The molecule has 2 aromatic rings. The van der Waals surface area contributed by atoms with Crippen LogP contribution in [-0.4, -0.2) is 36.5 Å². The topological polar surface area (TPSA) is 72.7 Å². The van der Waals surface area contributed by atoms with E-state index in [1.807, 2.05) is 42.9 Å². The largest absolute Gasteiger partial charge is 0.493 e. The van der Waals surface area contributed by atoms with Gasteiger partial charge in [-0.25, -0.2) is 4.99 Å². The zero-order chi connectivity index (χ0) is 16.7. The van der Waals surface area contributed by atoms with Crippen LogP contribution in [-0.2, 0) is 13.6 Å². The normalized spacial score (nSPS) is 11.2. The fourth-order valence-corrected chi connectivity index (χ4v) is 2.07. The third kappa shape index (κ3) is 4.38. The molecule has 0 bridgehead atoms. The summed E-state index contributed by atoms with van der Waals surface area (Å²) < 4.78 is 12.4. The first kappa shape index (κ1) is 16.7. The molecule has 7 nitrogen and oxygen atoms in total. The molecular formula is C16H23N5O2. The second-order valence-electron chi connectivity index (χ2n) is 4.84. The summed E-state index contributed by atoms with van der Waals surface area (Å²) in [5.74, 6) is 2.05. The molecule has 2 rings (SSSR count). The highest BCUT2D eigenvalue weighted by Gasteiger charge is 2.06. The van der Waals surface area contributed by atoms with Crippen LogP contribution in [0.25, 0.3) is 0 Å². The molecule has 1 aromatic heterocycles. The van der Waals surface area contributed by atoms with E-state index in [1.54, 1.807) is 20.4 Å². The lowest BCUT2D eigenvalue weighted by molar-refractivity contribution is 0.355. The van der Waals surface area contributed by atoms with Crippen molar-refractivity contribution in [2.45, 2.75) is 13.5 Å². The number of guanidine groups is 1. The van der Waals surface area contributed by atoms with E-state index in [4.69, 9.17) is 9.47 Å². The minimum absolute atomic E-state index is 0.541. The second-order valence-corrected chi connectivity index (χ2v) is 4.84. The standard InChI is InChI=1S/C16H23N5O2/c1-5-17-16(18-11-13-8-9-19-21(13)2)20-12-6-7-14(22-3)15(10-12)23-4/h6-10H,5,11H2,1-4H3,(H2,17,18,20). The Morgan fingerprint density at radius 1 is 1.22 bits per heavy atom. The summed E-state index contributed by atoms with van der Waals surface area (Å²) in [5, 5.41) is 10.6. The van der Waals surface area contributed by atoms with E-state index in [0.29, 0.717) is 24.0 Å². The molecule has 0 spiro atoms. The number of hydrogen-bond acceptors (Lipinski definition) is 4. The predicted molar refractivity (Wildman–Crippen MR) is 91.2 cm³/mol. The highest BCUT2D eigenvalue weighted by molar-refractivity contribution is 5.93. The number of ether oxygens (including phenoxy) is 2. The Labute approximate surface area is 136 Å². The van der Waals surface area contributed by atoms with Crippen LogP contribution in [0.1, 0.15) is 12.6 Å². The summed E-state index contributed by atoms with van der Waals surface area (Å²) in [7, 11) is 5.13. The molecule has 0 radical (unpaired) electrons. The molecule has 2 N–H and O–H groups in total. The average Bonchev–Trinajstić information content (AvgIpc) is 2.97. The smallest absolute Gasteiger partial charge is 0.196 e. The van der Waals surface area contributed by atoms with Crippen molar-refractivity contribution < 1.29 is 9.47 Å². The summed E-state index contributed by atoms with van der Waals surface area (Å²) in [6.45, 7) is 3.33. The minimum atomic E-state index is 0.541. The van der Waals surface area contributed by atoms with Gasteiger partial charge in [-0.3, -0.25) is 4.68 Å². The van der Waals surface area contributed by atoms with E-state index in [0.717, 1.165) is 17.9 Å². The average molecular weight is 317 g/mol. The van der Waals surface area contributed by atoms with Crippen molar-refractivity contribution >= 4 is 11.6 Å². The van der Waals surface area contributed by atoms with Gasteiger partial charge in [0.2, 0.25) is 0 Å². The first-order valence-corrected chi connectivity index (χ1v) is 7.42. The van der Waals surface area contributed by atoms with Gasteiger partial charge in [0.25, 0.3) is 0 Å². The zero-order valence-corrected chi connectivity index (χ0v) is 14.0. The zero-order valence-electron chi connectivity index (χ0n) is 14.0. The lowest BCUT2D eigenvalue weighted by Gasteiger charge is -2.13. The van der Waals surface area contributed by atoms with E-state index in [-0.39, 0.29) is 0 Å². The number of methoxy groups -OCH3 is 2. The number of aliphatic imine (C=N–C) groups is 1. The molecule has 0 atom stereocenters. The lowest BCUT2D eigenvalue weighted by Crippen LogP contribution is -2.30. The number of rotatable bonds is 6. The van der Waals surface area contributed by atoms with Crippen LogP contribution in [0.15, 0.2) is 35.5 Å². The summed E-state index contributed by atoms with van der Waals surface area (Å²) in [6.07, 6.45) is 1.76. The van der Waals surface area contributed by atoms with E-state index in [9.17, 15) is 0 Å². The van der Waals surface area contributed by atoms with Crippen molar-refractivity contribution in [3.63, 3.8) is 0 Å². The Bertz CT molecular complexity index is 666. The van der Waals surface area contributed by atoms with E-state index in [2.05, 4.69) is 20.7 Å². The van der Waals surface area contributed by atoms with Gasteiger partial charge < -0.3 is 20.1 Å². The lowest BCUT2D eigenvalue weighted by atomic mass is 10.3. The van der Waals surface area contributed by atoms with E-state index < -0.39 is 0 Å². The summed E-state index contributed by atoms with van der Waals surface area (Å²) >= 11 is 0. The Balaban J connectivity index is 2.14. The molecule has 23 heavy (non-hydrogen) atoms. The Morgan fingerprint density at radius 3 is 2.61 bits per heavy atom. The van der Waals surface area contributed by atoms with Gasteiger partial charge >= 0.3 is 0 Å². The molecule has 7 heteroatoms. The Kier molecular flexibility index (Phi) is 5.85. The maximum Gasteiger partial charge on any atom is 0.196 e. The quantitative estimate of drug-likeness (QED) is 0.630. The van der Waals surface area contributed by atoms with E-state index in [1.165, 1.54) is 0 Å². The molecule has 0 aliphatic rings. The van der Waals surface area contributed by atoms with Gasteiger partial charge in [0.15, 0.2) is 17.5 Å². The first-order chi connectivity index (χ1) is 11.2. The number of nitrogens with one attached hydrogen (secondary N) is 2. The molecule has 0 aliphatic heterocycles. The van der Waals surface area contributed by atoms with Gasteiger partial charge in [-0.2, -0.15) is 5.10 Å². The van der Waals surface area contributed by atoms with Crippen molar-refractivity contribution in [1.82, 2.24) is 15.1 Å². The molecule has 0 saturated heterocycles. The summed E-state index contributed by atoms with van der Waals surface area (Å²) in [5.41, 5.74) is 1.90. The number of hydrogen-bond donors (Lipinski definition) is 2. The van der Waals surface area contributed by atoms with Crippen LogP contribution in [0.4, 0.5) is 5.69 Å². The van der Waals surface area contributed by atoms with Crippen LogP contribution in [0.3, 0.4) is 0 Å². The number of aryl methyl sites for hydroxylation is 1. The van der Waals surface area contributed by atoms with Gasteiger partial charge in [0.05, 0.1) is 26.5 Å². The first-order valence-electron chi connectivity index (χ1n) is 7.42. The number of aromatic nitrogens is 2. The maximum atomic E-state index is 5.32. The number of nitrogens with zero attached hydrogens (tertiary/aromatic N) is 3. The van der Waals surface area contributed by atoms with Crippen molar-refractivity contribution in [1.29, 1.82) is 0 Å². The van der Waals surface area contributed by atoms with Gasteiger partial charge in [-0.05, 0) is 25.1 Å². The molecule has 1 aromatic carbocycles. The van der Waals surface area contributed by atoms with Crippen molar-refractivity contribution in [3.05, 3.63) is 36.2 Å². The molecule has 1 heterocycles. The fraction of sp³-hybridized carbons (Fsp3) is 0.375. The van der Waals surface area contributed by atoms with E-state index >= 15 is 0 Å². The third-order valence-corrected chi connectivity index (χ3v) is 3.31. The molecule has 0 saturated carbocycles. The van der Waals surface area contributed by atoms with Gasteiger partial charge in [0.1, 0.15) is 0 Å². The van der Waals surface area contributed by atoms with Crippen LogP contribution in [0.2, 0.25) is 0 Å². The predicted octanol–water partition coefficient (Wildman–Crippen LogP) is 2.01. The summed E-state index contributed by atoms with van der Waals surface area (Å²) in [4.78, 5) is 4.57. The van der Waals surface area contributed by atoms with Gasteiger partial charge in [-0.15, -0.1) is 0 Å². The highest BCUT2D eigenvalue weighted by atomic mass is 16.5. The molecular weight excluding hydrogens is 294 g/mol. The second kappa shape index (κ2) is 8.07. The molecule has 0 amide bonds. The third-order valence-electron chi connectivity index (χ3n) is 3.31.